The fourth-order valence-electron chi connectivity index (χ4n) is 4.36. The van der Waals surface area contributed by atoms with Crippen LogP contribution in [0.5, 0.6) is 0 Å². The van der Waals surface area contributed by atoms with Crippen LogP contribution in [0.2, 0.25) is 0 Å². The van der Waals surface area contributed by atoms with Gasteiger partial charge in [-0.2, -0.15) is 0 Å². The Bertz CT molecular complexity index is 419. The van der Waals surface area contributed by atoms with Gasteiger partial charge in [-0.25, -0.2) is 4.79 Å². The Morgan fingerprint density at radius 1 is 1.04 bits per heavy atom. The molecule has 0 heterocycles. The predicted octanol–water partition coefficient (Wildman–Crippen LogP) is 6.16. The average Bonchev–Trinajstić information content (AvgIpc) is 2.96. The second-order valence-electron chi connectivity index (χ2n) is 8.58. The lowest BCUT2D eigenvalue weighted by Gasteiger charge is -2.19. The predicted molar refractivity (Wildman–Crippen MR) is 110 cm³/mol. The van der Waals surface area contributed by atoms with Gasteiger partial charge in [0.2, 0.25) is 0 Å². The number of carbonyl (C=O) groups excluding carboxylic acids is 1. The van der Waals surface area contributed by atoms with Crippen molar-refractivity contribution < 1.29 is 19.4 Å². The fraction of sp³-hybridized carbons (Fsp3) is 0.913. The first-order chi connectivity index (χ1) is 13.0. The first-order valence-electron chi connectivity index (χ1n) is 11.4. The van der Waals surface area contributed by atoms with Gasteiger partial charge in [-0.3, -0.25) is 4.79 Å². The van der Waals surface area contributed by atoms with Crippen molar-refractivity contribution >= 4 is 11.8 Å². The van der Waals surface area contributed by atoms with Crippen molar-refractivity contribution in [3.8, 4) is 0 Å². The number of ketones is 1. The quantitative estimate of drug-likeness (QED) is 0.325. The van der Waals surface area contributed by atoms with Crippen molar-refractivity contribution in [3.05, 3.63) is 0 Å². The Morgan fingerprint density at radius 2 is 1.67 bits per heavy atom. The molecule has 0 amide bonds. The van der Waals surface area contributed by atoms with E-state index < -0.39 is 12.1 Å². The summed E-state index contributed by atoms with van der Waals surface area (Å²) >= 11 is 0. The van der Waals surface area contributed by atoms with Crippen LogP contribution in [-0.2, 0) is 14.3 Å². The Morgan fingerprint density at radius 3 is 2.33 bits per heavy atom. The first-order valence-corrected chi connectivity index (χ1v) is 11.4. The molecule has 1 N–H and O–H groups in total. The molecule has 0 aromatic heterocycles. The summed E-state index contributed by atoms with van der Waals surface area (Å²) < 4.78 is 5.45. The number of carboxylic acid groups (broad SMARTS) is 1. The molecule has 1 aliphatic carbocycles. The number of Topliss-reactive ketones (excluding diaryl/α,β-unsaturated/α-hetero) is 1. The number of ether oxygens (including phenoxy) is 1. The molecule has 4 nitrogen and oxygen atoms in total. The Labute approximate surface area is 166 Å². The van der Waals surface area contributed by atoms with Crippen molar-refractivity contribution in [2.24, 2.45) is 11.8 Å². The van der Waals surface area contributed by atoms with Crippen LogP contribution in [-0.4, -0.2) is 29.1 Å². The molecule has 0 bridgehead atoms. The highest BCUT2D eigenvalue weighted by atomic mass is 16.5. The second kappa shape index (κ2) is 14.1. The molecule has 0 aromatic rings. The largest absolute Gasteiger partial charge is 0.479 e. The van der Waals surface area contributed by atoms with Gasteiger partial charge in [0, 0.05) is 12.3 Å². The molecule has 0 saturated heterocycles. The van der Waals surface area contributed by atoms with Gasteiger partial charge in [0.05, 0.1) is 6.10 Å². The minimum absolute atomic E-state index is 0.0649. The highest BCUT2D eigenvalue weighted by Crippen LogP contribution is 2.36. The molecule has 0 radical (unpaired) electrons. The monoisotopic (exact) mass is 382 g/mol. The number of hydrogen-bond donors (Lipinski definition) is 1. The average molecular weight is 383 g/mol. The number of carboxylic acids is 1. The number of aliphatic carboxylic acids is 1. The number of rotatable bonds is 16. The summed E-state index contributed by atoms with van der Waals surface area (Å²) in [6.07, 6.45) is 14.6. The molecule has 1 saturated carbocycles. The maximum Gasteiger partial charge on any atom is 0.332 e. The maximum atomic E-state index is 12.2. The van der Waals surface area contributed by atoms with E-state index in [9.17, 15) is 14.7 Å². The van der Waals surface area contributed by atoms with Crippen LogP contribution >= 0.6 is 0 Å². The normalized spacial score (nSPS) is 21.1. The summed E-state index contributed by atoms with van der Waals surface area (Å²) in [7, 11) is 0. The summed E-state index contributed by atoms with van der Waals surface area (Å²) in [5.74, 6) is 0.466. The molecular formula is C23H42O4. The van der Waals surface area contributed by atoms with E-state index in [4.69, 9.17) is 4.74 Å². The van der Waals surface area contributed by atoms with Crippen LogP contribution in [0, 0.1) is 11.8 Å². The van der Waals surface area contributed by atoms with Crippen LogP contribution < -0.4 is 0 Å². The van der Waals surface area contributed by atoms with E-state index in [1.807, 2.05) is 13.8 Å². The van der Waals surface area contributed by atoms with Crippen LogP contribution in [0.1, 0.15) is 111 Å². The lowest BCUT2D eigenvalue weighted by Crippen LogP contribution is -2.26. The highest BCUT2D eigenvalue weighted by molar-refractivity contribution is 5.83. The zero-order chi connectivity index (χ0) is 20.1. The van der Waals surface area contributed by atoms with Crippen molar-refractivity contribution in [2.75, 3.05) is 0 Å². The van der Waals surface area contributed by atoms with Crippen molar-refractivity contribution in [3.63, 3.8) is 0 Å². The molecule has 1 aliphatic rings. The molecule has 1 unspecified atom stereocenters. The molecule has 3 atom stereocenters. The van der Waals surface area contributed by atoms with Gasteiger partial charge < -0.3 is 9.84 Å². The summed E-state index contributed by atoms with van der Waals surface area (Å²) in [6, 6.07) is 0. The molecule has 0 aromatic carbocycles. The third-order valence-corrected chi connectivity index (χ3v) is 5.87. The third-order valence-electron chi connectivity index (χ3n) is 5.87. The molecule has 1 fully saturated rings. The van der Waals surface area contributed by atoms with Gasteiger partial charge >= 0.3 is 5.97 Å². The van der Waals surface area contributed by atoms with E-state index in [-0.39, 0.29) is 12.0 Å². The second-order valence-corrected chi connectivity index (χ2v) is 8.58. The van der Waals surface area contributed by atoms with Crippen LogP contribution in [0.4, 0.5) is 0 Å². The van der Waals surface area contributed by atoms with Crippen molar-refractivity contribution in [2.45, 2.75) is 123 Å². The Balaban J connectivity index is 2.20. The number of hydrogen-bond acceptors (Lipinski definition) is 3. The van der Waals surface area contributed by atoms with Crippen LogP contribution in [0.15, 0.2) is 0 Å². The Kier molecular flexibility index (Phi) is 12.6. The minimum atomic E-state index is -0.867. The first kappa shape index (κ1) is 24.1. The van der Waals surface area contributed by atoms with Crippen molar-refractivity contribution in [1.82, 2.24) is 0 Å². The van der Waals surface area contributed by atoms with Crippen molar-refractivity contribution in [1.29, 1.82) is 0 Å². The summed E-state index contributed by atoms with van der Waals surface area (Å²) in [6.45, 7) is 5.98. The summed E-state index contributed by atoms with van der Waals surface area (Å²) in [5.41, 5.74) is 0. The third kappa shape index (κ3) is 10.3. The van der Waals surface area contributed by atoms with Gasteiger partial charge in [-0.1, -0.05) is 64.7 Å². The zero-order valence-electron chi connectivity index (χ0n) is 17.9. The summed E-state index contributed by atoms with van der Waals surface area (Å²) in [4.78, 5) is 23.5. The van der Waals surface area contributed by atoms with Gasteiger partial charge in [-0.05, 0) is 45.4 Å². The SMILES string of the molecule is CCCCCCCC[C@H]1CCC(=O)[C@@H]1CCCCCC(OC(C)C)C(=O)O. The molecule has 0 spiro atoms. The van der Waals surface area contributed by atoms with Crippen LogP contribution in [0.25, 0.3) is 0 Å². The standard InChI is InChI=1S/C23H42O4/c1-4-5-6-7-8-10-13-19-16-17-21(24)20(19)14-11-9-12-15-22(23(25)26)27-18(2)3/h18-20,22H,4-17H2,1-3H3,(H,25,26)/t19-,20+,22?/m0/s1. The molecule has 27 heavy (non-hydrogen) atoms. The lowest BCUT2D eigenvalue weighted by atomic mass is 9.86. The minimum Gasteiger partial charge on any atom is -0.479 e. The van der Waals surface area contributed by atoms with Gasteiger partial charge in [0.15, 0.2) is 6.10 Å². The smallest absolute Gasteiger partial charge is 0.332 e. The zero-order valence-corrected chi connectivity index (χ0v) is 17.9. The number of unbranched alkanes of at least 4 members (excludes halogenated alkanes) is 7. The van der Waals surface area contributed by atoms with Gasteiger partial charge in [0.1, 0.15) is 5.78 Å². The van der Waals surface area contributed by atoms with Crippen LogP contribution in [0.3, 0.4) is 0 Å². The lowest BCUT2D eigenvalue weighted by molar-refractivity contribution is -0.153. The van der Waals surface area contributed by atoms with E-state index in [0.29, 0.717) is 18.1 Å². The molecule has 0 aliphatic heterocycles. The number of carbonyl (C=O) groups is 2. The molecule has 158 valence electrons. The topological polar surface area (TPSA) is 63.6 Å². The van der Waals surface area contributed by atoms with E-state index >= 15 is 0 Å². The van der Waals surface area contributed by atoms with E-state index in [1.165, 1.54) is 44.9 Å². The summed E-state index contributed by atoms with van der Waals surface area (Å²) in [5, 5.41) is 9.20. The molecule has 4 heteroatoms. The van der Waals surface area contributed by atoms with Gasteiger partial charge in [0.25, 0.3) is 0 Å². The van der Waals surface area contributed by atoms with E-state index in [2.05, 4.69) is 6.92 Å². The van der Waals surface area contributed by atoms with E-state index in [1.54, 1.807) is 0 Å². The maximum absolute atomic E-state index is 12.2. The Hall–Kier alpha value is -0.900. The van der Waals surface area contributed by atoms with Gasteiger partial charge in [-0.15, -0.1) is 0 Å². The molecular weight excluding hydrogens is 340 g/mol. The molecule has 1 rings (SSSR count). The van der Waals surface area contributed by atoms with E-state index in [0.717, 1.165) is 38.5 Å². The highest BCUT2D eigenvalue weighted by Gasteiger charge is 2.33. The fourth-order valence-corrected chi connectivity index (χ4v) is 4.36.